The molecule has 20 heavy (non-hydrogen) atoms. The Bertz CT molecular complexity index is 376. The van der Waals surface area contributed by atoms with Crippen LogP contribution >= 0.6 is 0 Å². The van der Waals surface area contributed by atoms with Gasteiger partial charge in [-0.05, 0) is 25.7 Å². The Morgan fingerprint density at radius 2 is 1.55 bits per heavy atom. The fourth-order valence-electron chi connectivity index (χ4n) is 2.30. The van der Waals surface area contributed by atoms with Crippen molar-refractivity contribution in [3.8, 4) is 0 Å². The van der Waals surface area contributed by atoms with E-state index in [0.717, 1.165) is 25.9 Å². The van der Waals surface area contributed by atoms with Gasteiger partial charge in [-0.1, -0.05) is 13.8 Å². The minimum absolute atomic E-state index is 0.0107. The predicted molar refractivity (Wildman–Crippen MR) is 75.9 cm³/mol. The summed E-state index contributed by atoms with van der Waals surface area (Å²) in [5.74, 6) is -0.608. The first-order chi connectivity index (χ1) is 9.32. The number of rotatable bonds is 5. The first-order valence-corrected chi connectivity index (χ1v) is 7.19. The molecule has 3 amide bonds. The molecule has 1 aliphatic heterocycles. The summed E-state index contributed by atoms with van der Waals surface area (Å²) in [7, 11) is 0. The largest absolute Gasteiger partial charge is 0.345 e. The molecular weight excluding hydrogens is 258 g/mol. The SMILES string of the molecule is CC(=O)NC(C)C(=O)NC(C(=O)N1CCCC1)C(C)C. The van der Waals surface area contributed by atoms with Crippen LogP contribution in [0.2, 0.25) is 0 Å². The zero-order valence-electron chi connectivity index (χ0n) is 12.7. The van der Waals surface area contributed by atoms with E-state index >= 15 is 0 Å². The van der Waals surface area contributed by atoms with Crippen LogP contribution in [-0.2, 0) is 14.4 Å². The third kappa shape index (κ3) is 4.51. The van der Waals surface area contributed by atoms with Crippen LogP contribution in [0.15, 0.2) is 0 Å². The molecule has 0 aromatic heterocycles. The number of amides is 3. The molecule has 0 aromatic rings. The molecule has 6 heteroatoms. The van der Waals surface area contributed by atoms with Crippen molar-refractivity contribution in [2.45, 2.75) is 52.6 Å². The van der Waals surface area contributed by atoms with Crippen LogP contribution < -0.4 is 10.6 Å². The number of carbonyl (C=O) groups is 3. The lowest BCUT2D eigenvalue weighted by atomic mass is 10.0. The first kappa shape index (κ1) is 16.5. The van der Waals surface area contributed by atoms with Crippen molar-refractivity contribution in [3.05, 3.63) is 0 Å². The van der Waals surface area contributed by atoms with Gasteiger partial charge in [0.15, 0.2) is 0 Å². The second kappa shape index (κ2) is 7.26. The molecule has 2 N–H and O–H groups in total. The number of nitrogens with zero attached hydrogens (tertiary/aromatic N) is 1. The monoisotopic (exact) mass is 283 g/mol. The summed E-state index contributed by atoms with van der Waals surface area (Å²) in [5.41, 5.74) is 0. The van der Waals surface area contributed by atoms with Crippen LogP contribution in [0.25, 0.3) is 0 Å². The third-order valence-electron chi connectivity index (χ3n) is 3.46. The molecule has 0 saturated carbocycles. The molecule has 0 aliphatic carbocycles. The van der Waals surface area contributed by atoms with Crippen molar-refractivity contribution < 1.29 is 14.4 Å². The quantitative estimate of drug-likeness (QED) is 0.760. The highest BCUT2D eigenvalue weighted by Crippen LogP contribution is 2.13. The van der Waals surface area contributed by atoms with Crippen molar-refractivity contribution in [1.82, 2.24) is 15.5 Å². The molecule has 2 unspecified atom stereocenters. The topological polar surface area (TPSA) is 78.5 Å². The standard InChI is InChI=1S/C14H25N3O3/c1-9(2)12(14(20)17-7-5-6-8-17)16-13(19)10(3)15-11(4)18/h9-10,12H,5-8H2,1-4H3,(H,15,18)(H,16,19). The highest BCUT2D eigenvalue weighted by atomic mass is 16.2. The highest BCUT2D eigenvalue weighted by molar-refractivity contribution is 5.91. The van der Waals surface area contributed by atoms with Crippen LogP contribution in [0.1, 0.15) is 40.5 Å². The molecule has 0 aromatic carbocycles. The lowest BCUT2D eigenvalue weighted by molar-refractivity contribution is -0.137. The van der Waals surface area contributed by atoms with E-state index in [2.05, 4.69) is 10.6 Å². The average molecular weight is 283 g/mol. The van der Waals surface area contributed by atoms with Crippen molar-refractivity contribution in [1.29, 1.82) is 0 Å². The number of nitrogens with one attached hydrogen (secondary N) is 2. The molecule has 114 valence electrons. The van der Waals surface area contributed by atoms with E-state index in [1.165, 1.54) is 6.92 Å². The van der Waals surface area contributed by atoms with Gasteiger partial charge >= 0.3 is 0 Å². The third-order valence-corrected chi connectivity index (χ3v) is 3.46. The summed E-state index contributed by atoms with van der Waals surface area (Å²) < 4.78 is 0. The van der Waals surface area contributed by atoms with Crippen molar-refractivity contribution in [3.63, 3.8) is 0 Å². The van der Waals surface area contributed by atoms with Crippen LogP contribution in [0.3, 0.4) is 0 Å². The van der Waals surface area contributed by atoms with Gasteiger partial charge in [0.2, 0.25) is 17.7 Å². The van der Waals surface area contributed by atoms with E-state index in [-0.39, 0.29) is 23.6 Å². The number of carbonyl (C=O) groups excluding carboxylic acids is 3. The molecule has 0 bridgehead atoms. The molecule has 2 atom stereocenters. The summed E-state index contributed by atoms with van der Waals surface area (Å²) in [6.07, 6.45) is 2.04. The van der Waals surface area contributed by atoms with Crippen molar-refractivity contribution >= 4 is 17.7 Å². The van der Waals surface area contributed by atoms with Gasteiger partial charge in [-0.3, -0.25) is 14.4 Å². The van der Waals surface area contributed by atoms with Gasteiger partial charge in [-0.2, -0.15) is 0 Å². The molecule has 0 spiro atoms. The Morgan fingerprint density at radius 3 is 2.00 bits per heavy atom. The molecule has 1 rings (SSSR count). The van der Waals surface area contributed by atoms with Gasteiger partial charge in [-0.15, -0.1) is 0 Å². The molecule has 1 saturated heterocycles. The normalized spacial score (nSPS) is 17.8. The maximum Gasteiger partial charge on any atom is 0.245 e. The zero-order valence-corrected chi connectivity index (χ0v) is 12.7. The van der Waals surface area contributed by atoms with Crippen molar-refractivity contribution in [2.24, 2.45) is 5.92 Å². The Hall–Kier alpha value is -1.59. The maximum absolute atomic E-state index is 12.4. The first-order valence-electron chi connectivity index (χ1n) is 7.19. The molecule has 1 aliphatic rings. The minimum Gasteiger partial charge on any atom is -0.345 e. The Balaban J connectivity index is 2.64. The molecular formula is C14H25N3O3. The average Bonchev–Trinajstić information content (AvgIpc) is 2.87. The minimum atomic E-state index is -0.639. The fourth-order valence-corrected chi connectivity index (χ4v) is 2.30. The number of hydrogen-bond acceptors (Lipinski definition) is 3. The number of hydrogen-bond donors (Lipinski definition) is 2. The van der Waals surface area contributed by atoms with Gasteiger partial charge in [-0.25, -0.2) is 0 Å². The summed E-state index contributed by atoms with van der Waals surface area (Å²) in [6, 6.07) is -1.17. The lowest BCUT2D eigenvalue weighted by Gasteiger charge is -2.27. The Labute approximate surface area is 120 Å². The molecule has 0 radical (unpaired) electrons. The maximum atomic E-state index is 12.4. The molecule has 1 fully saturated rings. The van der Waals surface area contributed by atoms with Gasteiger partial charge in [0.25, 0.3) is 0 Å². The fraction of sp³-hybridized carbons (Fsp3) is 0.786. The van der Waals surface area contributed by atoms with Crippen molar-refractivity contribution in [2.75, 3.05) is 13.1 Å². The zero-order chi connectivity index (χ0) is 15.3. The van der Waals surface area contributed by atoms with E-state index in [4.69, 9.17) is 0 Å². The second-order valence-electron chi connectivity index (χ2n) is 5.68. The molecule has 6 nitrogen and oxygen atoms in total. The van der Waals surface area contributed by atoms with Gasteiger partial charge in [0.1, 0.15) is 12.1 Å². The highest BCUT2D eigenvalue weighted by Gasteiger charge is 2.31. The van der Waals surface area contributed by atoms with E-state index in [1.807, 2.05) is 13.8 Å². The summed E-state index contributed by atoms with van der Waals surface area (Å²) in [4.78, 5) is 37.2. The van der Waals surface area contributed by atoms with Crippen LogP contribution in [-0.4, -0.2) is 47.8 Å². The van der Waals surface area contributed by atoms with E-state index in [0.29, 0.717) is 0 Å². The van der Waals surface area contributed by atoms with Crippen LogP contribution in [0.4, 0.5) is 0 Å². The predicted octanol–water partition coefficient (Wildman–Crippen LogP) is 0.274. The smallest absolute Gasteiger partial charge is 0.245 e. The van der Waals surface area contributed by atoms with Gasteiger partial charge in [0, 0.05) is 20.0 Å². The van der Waals surface area contributed by atoms with Crippen LogP contribution in [0.5, 0.6) is 0 Å². The molecule has 1 heterocycles. The Kier molecular flexibility index (Phi) is 5.98. The second-order valence-corrected chi connectivity index (χ2v) is 5.68. The van der Waals surface area contributed by atoms with Gasteiger partial charge < -0.3 is 15.5 Å². The summed E-state index contributed by atoms with van der Waals surface area (Å²) >= 11 is 0. The van der Waals surface area contributed by atoms with Crippen LogP contribution in [0, 0.1) is 5.92 Å². The summed E-state index contributed by atoms with van der Waals surface area (Å²) in [6.45, 7) is 8.30. The van der Waals surface area contributed by atoms with E-state index < -0.39 is 12.1 Å². The van der Waals surface area contributed by atoms with E-state index in [1.54, 1.807) is 11.8 Å². The Morgan fingerprint density at radius 1 is 1.00 bits per heavy atom. The van der Waals surface area contributed by atoms with Gasteiger partial charge in [0.05, 0.1) is 0 Å². The van der Waals surface area contributed by atoms with E-state index in [9.17, 15) is 14.4 Å². The number of likely N-dealkylation sites (tertiary alicyclic amines) is 1. The lowest BCUT2D eigenvalue weighted by Crippen LogP contribution is -2.54. The summed E-state index contributed by atoms with van der Waals surface area (Å²) in [5, 5.41) is 5.27.